The number of ether oxygens (including phenoxy) is 1. The molecular formula is C11H12FNO2. The maximum atomic E-state index is 13.0. The van der Waals surface area contributed by atoms with Crippen molar-refractivity contribution in [2.75, 3.05) is 6.61 Å². The Morgan fingerprint density at radius 2 is 2.33 bits per heavy atom. The zero-order valence-electron chi connectivity index (χ0n) is 8.42. The molecule has 1 heterocycles. The number of benzene rings is 1. The minimum atomic E-state index is -0.409. The minimum absolute atomic E-state index is 0.0643. The van der Waals surface area contributed by atoms with E-state index in [1.165, 1.54) is 6.07 Å². The van der Waals surface area contributed by atoms with Crippen molar-refractivity contribution in [3.63, 3.8) is 0 Å². The van der Waals surface area contributed by atoms with Crippen molar-refractivity contribution >= 4 is 6.09 Å². The zero-order valence-corrected chi connectivity index (χ0v) is 8.42. The van der Waals surface area contributed by atoms with Gasteiger partial charge >= 0.3 is 6.09 Å². The van der Waals surface area contributed by atoms with E-state index in [1.54, 1.807) is 19.1 Å². The van der Waals surface area contributed by atoms with Crippen LogP contribution in [0.5, 0.6) is 0 Å². The highest BCUT2D eigenvalue weighted by Gasteiger charge is 2.20. The average molecular weight is 209 g/mol. The van der Waals surface area contributed by atoms with Crippen molar-refractivity contribution in [3.05, 3.63) is 35.1 Å². The quantitative estimate of drug-likeness (QED) is 0.770. The summed E-state index contributed by atoms with van der Waals surface area (Å²) >= 11 is 0. The third-order valence-corrected chi connectivity index (χ3v) is 2.52. The second-order valence-electron chi connectivity index (χ2n) is 3.63. The lowest BCUT2D eigenvalue weighted by atomic mass is 10.0. The molecule has 1 amide bonds. The lowest BCUT2D eigenvalue weighted by Crippen LogP contribution is -2.35. The molecule has 15 heavy (non-hydrogen) atoms. The molecule has 1 aliphatic heterocycles. The third-order valence-electron chi connectivity index (χ3n) is 2.52. The van der Waals surface area contributed by atoms with Gasteiger partial charge in [0.2, 0.25) is 0 Å². The number of amides is 1. The first kappa shape index (κ1) is 9.96. The first-order valence-corrected chi connectivity index (χ1v) is 4.86. The average Bonchev–Trinajstić information content (AvgIpc) is 2.22. The van der Waals surface area contributed by atoms with E-state index < -0.39 is 6.09 Å². The summed E-state index contributed by atoms with van der Waals surface area (Å²) in [5, 5.41) is 2.70. The molecular weight excluding hydrogens is 197 g/mol. The summed E-state index contributed by atoms with van der Waals surface area (Å²) in [6.45, 7) is 2.12. The predicted octanol–water partition coefficient (Wildman–Crippen LogP) is 2.31. The Labute approximate surface area is 87.2 Å². The molecule has 3 nitrogen and oxygen atoms in total. The van der Waals surface area contributed by atoms with Gasteiger partial charge in [0.25, 0.3) is 0 Å². The molecule has 0 saturated carbocycles. The molecule has 0 spiro atoms. The molecule has 0 aliphatic carbocycles. The van der Waals surface area contributed by atoms with Crippen LogP contribution in [0.15, 0.2) is 18.2 Å². The fraction of sp³-hybridized carbons (Fsp3) is 0.364. The van der Waals surface area contributed by atoms with Crippen LogP contribution in [0.25, 0.3) is 0 Å². The Balaban J connectivity index is 2.21. The smallest absolute Gasteiger partial charge is 0.407 e. The van der Waals surface area contributed by atoms with Gasteiger partial charge in [-0.25, -0.2) is 9.18 Å². The maximum absolute atomic E-state index is 13.0. The van der Waals surface area contributed by atoms with Crippen LogP contribution in [0.3, 0.4) is 0 Å². The van der Waals surface area contributed by atoms with E-state index in [9.17, 15) is 9.18 Å². The number of alkyl carbamates (subject to hydrolysis) is 1. The molecule has 0 bridgehead atoms. The number of aryl methyl sites for hydroxylation is 1. The van der Waals surface area contributed by atoms with Crippen molar-refractivity contribution < 1.29 is 13.9 Å². The second kappa shape index (κ2) is 3.88. The number of nitrogens with one attached hydrogen (secondary N) is 1. The van der Waals surface area contributed by atoms with Gasteiger partial charge in [0.05, 0.1) is 12.6 Å². The highest BCUT2D eigenvalue weighted by atomic mass is 19.1. The Morgan fingerprint density at radius 3 is 3.00 bits per heavy atom. The molecule has 0 unspecified atom stereocenters. The van der Waals surface area contributed by atoms with E-state index in [0.29, 0.717) is 12.2 Å². The summed E-state index contributed by atoms with van der Waals surface area (Å²) < 4.78 is 17.8. The SMILES string of the molecule is Cc1cc([C@H]2CCOC(=O)N2)ccc1F. The monoisotopic (exact) mass is 209 g/mol. The fourth-order valence-corrected chi connectivity index (χ4v) is 1.66. The summed E-state index contributed by atoms with van der Waals surface area (Å²) in [5.74, 6) is -0.225. The number of hydrogen-bond acceptors (Lipinski definition) is 2. The van der Waals surface area contributed by atoms with Crippen LogP contribution in [0.4, 0.5) is 9.18 Å². The first-order valence-electron chi connectivity index (χ1n) is 4.86. The van der Waals surface area contributed by atoms with E-state index in [2.05, 4.69) is 5.32 Å². The molecule has 1 aromatic carbocycles. The second-order valence-corrected chi connectivity index (χ2v) is 3.63. The van der Waals surface area contributed by atoms with Crippen LogP contribution in [0.2, 0.25) is 0 Å². The van der Waals surface area contributed by atoms with Crippen molar-refractivity contribution in [1.82, 2.24) is 5.32 Å². The van der Waals surface area contributed by atoms with Crippen molar-refractivity contribution in [2.24, 2.45) is 0 Å². The van der Waals surface area contributed by atoms with E-state index in [0.717, 1.165) is 12.0 Å². The van der Waals surface area contributed by atoms with Crippen molar-refractivity contribution in [1.29, 1.82) is 0 Å². The number of carbonyl (C=O) groups excluding carboxylic acids is 1. The molecule has 1 saturated heterocycles. The maximum Gasteiger partial charge on any atom is 0.407 e. The van der Waals surface area contributed by atoms with Gasteiger partial charge in [0.15, 0.2) is 0 Å². The van der Waals surface area contributed by atoms with Gasteiger partial charge in [-0.3, -0.25) is 0 Å². The van der Waals surface area contributed by atoms with Crippen molar-refractivity contribution in [3.8, 4) is 0 Å². The largest absolute Gasteiger partial charge is 0.449 e. The lowest BCUT2D eigenvalue weighted by Gasteiger charge is -2.23. The van der Waals surface area contributed by atoms with Crippen LogP contribution >= 0.6 is 0 Å². The number of carbonyl (C=O) groups is 1. The van der Waals surface area contributed by atoms with Crippen molar-refractivity contribution in [2.45, 2.75) is 19.4 Å². The molecule has 1 aromatic rings. The van der Waals surface area contributed by atoms with E-state index in [4.69, 9.17) is 4.74 Å². The van der Waals surface area contributed by atoms with Crippen LogP contribution < -0.4 is 5.32 Å². The van der Waals surface area contributed by atoms with E-state index >= 15 is 0 Å². The van der Waals surface area contributed by atoms with Gasteiger partial charge in [-0.2, -0.15) is 0 Å². The number of cyclic esters (lactones) is 1. The third kappa shape index (κ3) is 2.09. The summed E-state index contributed by atoms with van der Waals surface area (Å²) in [6.07, 6.45) is 0.310. The zero-order chi connectivity index (χ0) is 10.8. The lowest BCUT2D eigenvalue weighted by molar-refractivity contribution is 0.115. The first-order chi connectivity index (χ1) is 7.16. The van der Waals surface area contributed by atoms with Gasteiger partial charge in [-0.1, -0.05) is 12.1 Å². The van der Waals surface area contributed by atoms with E-state index in [-0.39, 0.29) is 11.9 Å². The normalized spacial score (nSPS) is 20.7. The molecule has 80 valence electrons. The molecule has 1 atom stereocenters. The molecule has 1 N–H and O–H groups in total. The molecule has 4 heteroatoms. The Hall–Kier alpha value is -1.58. The van der Waals surface area contributed by atoms with Gasteiger partial charge < -0.3 is 10.1 Å². The Morgan fingerprint density at radius 1 is 1.53 bits per heavy atom. The molecule has 1 fully saturated rings. The molecule has 0 radical (unpaired) electrons. The van der Waals surface area contributed by atoms with Gasteiger partial charge in [-0.15, -0.1) is 0 Å². The van der Waals surface area contributed by atoms with E-state index in [1.807, 2.05) is 0 Å². The number of hydrogen-bond donors (Lipinski definition) is 1. The minimum Gasteiger partial charge on any atom is -0.449 e. The topological polar surface area (TPSA) is 38.3 Å². The summed E-state index contributed by atoms with van der Waals surface area (Å²) in [7, 11) is 0. The number of rotatable bonds is 1. The standard InChI is InChI=1S/C11H12FNO2/c1-7-6-8(2-3-9(7)12)10-4-5-15-11(14)13-10/h2-3,6,10H,4-5H2,1H3,(H,13,14)/t10-/m1/s1. The van der Waals surface area contributed by atoms with Gasteiger partial charge in [0, 0.05) is 6.42 Å². The molecule has 1 aliphatic rings. The molecule has 2 rings (SSSR count). The Kier molecular flexibility index (Phi) is 2.58. The van der Waals surface area contributed by atoms with Gasteiger partial charge in [-0.05, 0) is 24.1 Å². The summed E-state index contributed by atoms with van der Waals surface area (Å²) in [4.78, 5) is 11.0. The summed E-state index contributed by atoms with van der Waals surface area (Å²) in [5.41, 5.74) is 1.51. The highest BCUT2D eigenvalue weighted by molar-refractivity contribution is 5.68. The Bertz CT molecular complexity index is 392. The van der Waals surface area contributed by atoms with Crippen LogP contribution in [-0.2, 0) is 4.74 Å². The van der Waals surface area contributed by atoms with Crippen LogP contribution in [0, 0.1) is 12.7 Å². The predicted molar refractivity (Wildman–Crippen MR) is 53.0 cm³/mol. The highest BCUT2D eigenvalue weighted by Crippen LogP contribution is 2.21. The number of halogens is 1. The van der Waals surface area contributed by atoms with Crippen LogP contribution in [-0.4, -0.2) is 12.7 Å². The van der Waals surface area contributed by atoms with Gasteiger partial charge in [0.1, 0.15) is 5.82 Å². The fourth-order valence-electron chi connectivity index (χ4n) is 1.66. The molecule has 0 aromatic heterocycles. The summed E-state index contributed by atoms with van der Waals surface area (Å²) in [6, 6.07) is 4.81. The van der Waals surface area contributed by atoms with Crippen LogP contribution in [0.1, 0.15) is 23.6 Å².